The molecule has 1 aromatic heterocycles. The van der Waals surface area contributed by atoms with Gasteiger partial charge in [-0.25, -0.2) is 0 Å². The largest absolute Gasteiger partial charge is 0.451 e. The molecule has 0 atom stereocenters. The molecule has 1 amide bonds. The Morgan fingerprint density at radius 3 is 2.48 bits per heavy atom. The van der Waals surface area contributed by atoms with Crippen molar-refractivity contribution in [1.29, 1.82) is 0 Å². The first-order chi connectivity index (χ1) is 12.8. The van der Waals surface area contributed by atoms with Crippen molar-refractivity contribution in [3.63, 3.8) is 0 Å². The van der Waals surface area contributed by atoms with Crippen LogP contribution in [0.1, 0.15) is 21.7 Å². The first kappa shape index (κ1) is 20.0. The predicted octanol–water partition coefficient (Wildman–Crippen LogP) is 6.06. The maximum Gasteiger partial charge on any atom is 0.293 e. The molecule has 27 heavy (non-hydrogen) atoms. The first-order valence-corrected chi connectivity index (χ1v) is 10.4. The number of carbonyl (C=O) groups excluding carboxylic acids is 1. The van der Waals surface area contributed by atoms with Gasteiger partial charge in [0.2, 0.25) is 0 Å². The summed E-state index contributed by atoms with van der Waals surface area (Å²) in [5.41, 5.74) is 3.95. The van der Waals surface area contributed by atoms with Crippen LogP contribution >= 0.6 is 50.7 Å². The molecule has 0 aliphatic heterocycles. The number of thiocarbonyl (C=S) groups is 1. The van der Waals surface area contributed by atoms with Crippen LogP contribution in [0.5, 0.6) is 0 Å². The summed E-state index contributed by atoms with van der Waals surface area (Å²) in [6.07, 6.45) is 0. The summed E-state index contributed by atoms with van der Waals surface area (Å²) in [6, 6.07) is 15.1. The van der Waals surface area contributed by atoms with Crippen molar-refractivity contribution in [2.45, 2.75) is 13.8 Å². The molecule has 0 spiro atoms. The molecule has 0 radical (unpaired) electrons. The van der Waals surface area contributed by atoms with Crippen molar-refractivity contribution < 1.29 is 9.21 Å². The molecular formula is C20H16BrIN2O2S. The number of hydrogen-bond donors (Lipinski definition) is 2. The molecule has 0 bridgehead atoms. The Bertz CT molecular complexity index is 1020. The molecule has 0 fully saturated rings. The van der Waals surface area contributed by atoms with Crippen LogP contribution in [0.4, 0.5) is 5.69 Å². The van der Waals surface area contributed by atoms with Crippen LogP contribution < -0.4 is 10.6 Å². The van der Waals surface area contributed by atoms with Crippen LogP contribution in [0.2, 0.25) is 0 Å². The fourth-order valence-electron chi connectivity index (χ4n) is 2.46. The van der Waals surface area contributed by atoms with Crippen molar-refractivity contribution in [2.24, 2.45) is 0 Å². The SMILES string of the molecule is Cc1cc(NC(=S)NC(=O)c2ccc(-c3ccc(Br)cc3)o2)c(C)cc1I. The van der Waals surface area contributed by atoms with E-state index in [0.29, 0.717) is 5.76 Å². The molecule has 0 saturated heterocycles. The minimum atomic E-state index is -0.393. The van der Waals surface area contributed by atoms with Gasteiger partial charge in [0.1, 0.15) is 5.76 Å². The van der Waals surface area contributed by atoms with Gasteiger partial charge in [0.25, 0.3) is 5.91 Å². The van der Waals surface area contributed by atoms with E-state index in [9.17, 15) is 4.79 Å². The van der Waals surface area contributed by atoms with Crippen molar-refractivity contribution >= 4 is 67.4 Å². The first-order valence-electron chi connectivity index (χ1n) is 8.08. The van der Waals surface area contributed by atoms with Gasteiger partial charge in [-0.1, -0.05) is 28.1 Å². The fraction of sp³-hybridized carbons (Fsp3) is 0.100. The molecule has 0 aliphatic rings. The standard InChI is InChI=1S/C20H16BrIN2O2S/c1-11-10-16(12(2)9-15(11)22)23-20(27)24-19(25)18-8-7-17(26-18)13-3-5-14(21)6-4-13/h3-10H,1-2H3,(H2,23,24,25,27). The maximum atomic E-state index is 12.4. The second-order valence-corrected chi connectivity index (χ2v) is 8.48. The maximum absolute atomic E-state index is 12.4. The third-order valence-electron chi connectivity index (χ3n) is 3.94. The van der Waals surface area contributed by atoms with Crippen molar-refractivity contribution in [2.75, 3.05) is 5.32 Å². The predicted molar refractivity (Wildman–Crippen MR) is 124 cm³/mol. The van der Waals surface area contributed by atoms with E-state index >= 15 is 0 Å². The van der Waals surface area contributed by atoms with Gasteiger partial charge in [-0.05, 0) is 96.2 Å². The van der Waals surface area contributed by atoms with Gasteiger partial charge in [-0.3, -0.25) is 10.1 Å². The number of amides is 1. The molecule has 1 heterocycles. The van der Waals surface area contributed by atoms with E-state index < -0.39 is 5.91 Å². The van der Waals surface area contributed by atoms with E-state index in [4.69, 9.17) is 16.6 Å². The number of anilines is 1. The van der Waals surface area contributed by atoms with E-state index in [1.165, 1.54) is 3.57 Å². The summed E-state index contributed by atoms with van der Waals surface area (Å²) in [5, 5.41) is 5.96. The summed E-state index contributed by atoms with van der Waals surface area (Å²) in [4.78, 5) is 12.4. The van der Waals surface area contributed by atoms with Crippen LogP contribution in [-0.4, -0.2) is 11.0 Å². The third-order valence-corrected chi connectivity index (χ3v) is 5.83. The number of rotatable bonds is 3. The zero-order valence-electron chi connectivity index (χ0n) is 14.6. The summed E-state index contributed by atoms with van der Waals surface area (Å²) >= 11 is 11.0. The van der Waals surface area contributed by atoms with Crippen molar-refractivity contribution in [1.82, 2.24) is 5.32 Å². The number of halogens is 2. The van der Waals surface area contributed by atoms with Gasteiger partial charge >= 0.3 is 0 Å². The number of aryl methyl sites for hydroxylation is 2. The second kappa shape index (κ2) is 8.53. The van der Waals surface area contributed by atoms with E-state index in [-0.39, 0.29) is 10.9 Å². The lowest BCUT2D eigenvalue weighted by Crippen LogP contribution is -2.34. The Kier molecular flexibility index (Phi) is 6.33. The zero-order chi connectivity index (χ0) is 19.6. The minimum Gasteiger partial charge on any atom is -0.451 e. The molecule has 3 aromatic rings. The fourth-order valence-corrected chi connectivity index (χ4v) is 3.55. The molecule has 0 aliphatic carbocycles. The molecule has 0 unspecified atom stereocenters. The average Bonchev–Trinajstić information content (AvgIpc) is 3.10. The van der Waals surface area contributed by atoms with Gasteiger partial charge in [-0.2, -0.15) is 0 Å². The monoisotopic (exact) mass is 554 g/mol. The second-order valence-electron chi connectivity index (χ2n) is 6.00. The lowest BCUT2D eigenvalue weighted by molar-refractivity contribution is 0.0951. The normalized spacial score (nSPS) is 10.5. The van der Waals surface area contributed by atoms with Gasteiger partial charge in [0, 0.05) is 19.3 Å². The molecule has 3 rings (SSSR count). The Morgan fingerprint density at radius 2 is 1.78 bits per heavy atom. The summed E-state index contributed by atoms with van der Waals surface area (Å²) in [6.45, 7) is 4.02. The van der Waals surface area contributed by atoms with Crippen LogP contribution in [0.25, 0.3) is 11.3 Å². The lowest BCUT2D eigenvalue weighted by Gasteiger charge is -2.13. The number of nitrogens with one attached hydrogen (secondary N) is 2. The highest BCUT2D eigenvalue weighted by Crippen LogP contribution is 2.24. The van der Waals surface area contributed by atoms with Gasteiger partial charge < -0.3 is 9.73 Å². The Labute approximate surface area is 185 Å². The van der Waals surface area contributed by atoms with E-state index in [0.717, 1.165) is 26.9 Å². The molecule has 2 aromatic carbocycles. The molecule has 7 heteroatoms. The summed E-state index contributed by atoms with van der Waals surface area (Å²) < 4.78 is 7.83. The smallest absolute Gasteiger partial charge is 0.293 e. The highest BCUT2D eigenvalue weighted by atomic mass is 127. The quantitative estimate of drug-likeness (QED) is 0.305. The topological polar surface area (TPSA) is 54.3 Å². The molecule has 0 saturated carbocycles. The van der Waals surface area contributed by atoms with Crippen LogP contribution in [0.15, 0.2) is 57.4 Å². The number of furan rings is 1. The Balaban J connectivity index is 1.68. The number of benzene rings is 2. The number of hydrogen-bond acceptors (Lipinski definition) is 3. The molecule has 138 valence electrons. The van der Waals surface area contributed by atoms with E-state index in [2.05, 4.69) is 55.2 Å². The number of carbonyl (C=O) groups is 1. The third kappa shape index (κ3) is 4.97. The Morgan fingerprint density at radius 1 is 1.07 bits per heavy atom. The van der Waals surface area contributed by atoms with Crippen molar-refractivity contribution in [3.05, 3.63) is 73.5 Å². The minimum absolute atomic E-state index is 0.201. The summed E-state index contributed by atoms with van der Waals surface area (Å²) in [5.74, 6) is 0.430. The van der Waals surface area contributed by atoms with E-state index in [1.807, 2.05) is 44.2 Å². The summed E-state index contributed by atoms with van der Waals surface area (Å²) in [7, 11) is 0. The van der Waals surface area contributed by atoms with Crippen LogP contribution in [0, 0.1) is 17.4 Å². The highest BCUT2D eigenvalue weighted by molar-refractivity contribution is 14.1. The van der Waals surface area contributed by atoms with Gasteiger partial charge in [-0.15, -0.1) is 0 Å². The molecule has 2 N–H and O–H groups in total. The zero-order valence-corrected chi connectivity index (χ0v) is 19.2. The van der Waals surface area contributed by atoms with Crippen molar-refractivity contribution in [3.8, 4) is 11.3 Å². The van der Waals surface area contributed by atoms with Gasteiger partial charge in [0.15, 0.2) is 10.9 Å². The van der Waals surface area contributed by atoms with E-state index in [1.54, 1.807) is 12.1 Å². The molecule has 4 nitrogen and oxygen atoms in total. The molecular weight excluding hydrogens is 539 g/mol. The lowest BCUT2D eigenvalue weighted by atomic mass is 10.1. The highest BCUT2D eigenvalue weighted by Gasteiger charge is 2.14. The van der Waals surface area contributed by atoms with Crippen LogP contribution in [0.3, 0.4) is 0 Å². The van der Waals surface area contributed by atoms with Crippen LogP contribution in [-0.2, 0) is 0 Å². The van der Waals surface area contributed by atoms with Gasteiger partial charge in [0.05, 0.1) is 0 Å². The Hall–Kier alpha value is -1.71. The average molecular weight is 555 g/mol.